The fourth-order valence-electron chi connectivity index (χ4n) is 6.26. The van der Waals surface area contributed by atoms with E-state index in [1.165, 1.54) is 28.5 Å². The Morgan fingerprint density at radius 2 is 2.02 bits per heavy atom. The summed E-state index contributed by atoms with van der Waals surface area (Å²) in [5.74, 6) is 0.447. The van der Waals surface area contributed by atoms with Crippen LogP contribution in [0.5, 0.6) is 6.01 Å². The summed E-state index contributed by atoms with van der Waals surface area (Å²) in [5, 5.41) is 12.3. The first kappa shape index (κ1) is 29.3. The summed E-state index contributed by atoms with van der Waals surface area (Å²) in [6.45, 7) is 13.4. The van der Waals surface area contributed by atoms with Gasteiger partial charge < -0.3 is 29.7 Å². The van der Waals surface area contributed by atoms with Crippen LogP contribution < -0.4 is 19.9 Å². The number of likely N-dealkylation sites (N-methyl/N-ethyl adjacent to an activating group) is 1. The number of aryl methyl sites for hydroxylation is 1. The Balaban J connectivity index is 1.29. The van der Waals surface area contributed by atoms with Crippen molar-refractivity contribution in [2.75, 3.05) is 69.4 Å². The number of hydrogen-bond donors (Lipinski definition) is 2. The highest BCUT2D eigenvalue weighted by atomic mass is 16.5. The highest BCUT2D eigenvalue weighted by Gasteiger charge is 2.32. The summed E-state index contributed by atoms with van der Waals surface area (Å²) in [4.78, 5) is 27.8. The van der Waals surface area contributed by atoms with E-state index < -0.39 is 5.97 Å². The number of piperazine rings is 1. The number of carbonyl (C=O) groups is 1. The van der Waals surface area contributed by atoms with Gasteiger partial charge in [-0.25, -0.2) is 4.79 Å². The normalized spacial score (nSPS) is 23.3. The number of benzene rings is 1. The van der Waals surface area contributed by atoms with Crippen molar-refractivity contribution < 1.29 is 19.4 Å². The van der Waals surface area contributed by atoms with Crippen LogP contribution in [0, 0.1) is 19.8 Å². The number of likely N-dealkylation sites (tertiary alicyclic amines) is 1. The number of carboxylic acids is 1. The van der Waals surface area contributed by atoms with Gasteiger partial charge in [0, 0.05) is 62.1 Å². The number of hydrogen-bond acceptors (Lipinski definition) is 9. The van der Waals surface area contributed by atoms with E-state index in [-0.39, 0.29) is 6.04 Å². The molecular formula is C31H44N6O4. The van der Waals surface area contributed by atoms with Crippen LogP contribution >= 0.6 is 0 Å². The number of nitrogens with zero attached hydrogens (tertiary/aromatic N) is 5. The van der Waals surface area contributed by atoms with Crippen molar-refractivity contribution in [3.8, 4) is 6.01 Å². The van der Waals surface area contributed by atoms with Crippen molar-refractivity contribution in [3.63, 3.8) is 0 Å². The molecule has 10 heteroatoms. The minimum atomic E-state index is -0.955. The number of rotatable bonds is 10. The Labute approximate surface area is 243 Å². The molecular weight excluding hydrogens is 520 g/mol. The fourth-order valence-corrected chi connectivity index (χ4v) is 6.26. The Morgan fingerprint density at radius 3 is 2.83 bits per heavy atom. The van der Waals surface area contributed by atoms with E-state index in [1.807, 2.05) is 0 Å². The first-order valence-electron chi connectivity index (χ1n) is 14.8. The van der Waals surface area contributed by atoms with Crippen LogP contribution in [0.2, 0.25) is 0 Å². The lowest BCUT2D eigenvalue weighted by atomic mass is 10.0. The summed E-state index contributed by atoms with van der Waals surface area (Å²) in [6.07, 6.45) is 4.51. The van der Waals surface area contributed by atoms with E-state index in [0.717, 1.165) is 69.7 Å². The Kier molecular flexibility index (Phi) is 9.42. The summed E-state index contributed by atoms with van der Waals surface area (Å²) in [7, 11) is 2.11. The van der Waals surface area contributed by atoms with Crippen molar-refractivity contribution >= 4 is 17.5 Å². The summed E-state index contributed by atoms with van der Waals surface area (Å²) >= 11 is 0. The quantitative estimate of drug-likeness (QED) is 0.331. The van der Waals surface area contributed by atoms with Crippen LogP contribution in [-0.2, 0) is 22.5 Å². The SMILES string of the molecule is Cc1cccc(N2CCc3c(nc(OC[C@@H]4CC(COC/C=C/C(=O)O)CN4C)nc3N3CCN[C@@H](C)C3)C2)c1C. The Morgan fingerprint density at radius 1 is 1.17 bits per heavy atom. The average molecular weight is 565 g/mol. The molecule has 5 rings (SSSR count). The van der Waals surface area contributed by atoms with Crippen LogP contribution in [0.4, 0.5) is 11.5 Å². The molecule has 1 aromatic heterocycles. The lowest BCUT2D eigenvalue weighted by Gasteiger charge is -2.37. The number of carboxylic acid groups (broad SMARTS) is 1. The molecule has 0 amide bonds. The average Bonchev–Trinajstić information content (AvgIpc) is 3.31. The van der Waals surface area contributed by atoms with Gasteiger partial charge in [-0.3, -0.25) is 4.90 Å². The zero-order chi connectivity index (χ0) is 28.9. The predicted octanol–water partition coefficient (Wildman–Crippen LogP) is 2.81. The molecule has 3 atom stereocenters. The monoisotopic (exact) mass is 564 g/mol. The van der Waals surface area contributed by atoms with Crippen LogP contribution in [0.3, 0.4) is 0 Å². The third-order valence-electron chi connectivity index (χ3n) is 8.62. The van der Waals surface area contributed by atoms with Crippen molar-refractivity contribution in [1.82, 2.24) is 20.2 Å². The minimum Gasteiger partial charge on any atom is -0.478 e. The third kappa shape index (κ3) is 7.17. The number of aromatic nitrogens is 2. The van der Waals surface area contributed by atoms with Gasteiger partial charge in [0.25, 0.3) is 0 Å². The van der Waals surface area contributed by atoms with Crippen molar-refractivity contribution in [2.45, 2.75) is 52.2 Å². The van der Waals surface area contributed by atoms with Crippen molar-refractivity contribution in [1.29, 1.82) is 0 Å². The van der Waals surface area contributed by atoms with Crippen LogP contribution in [0.25, 0.3) is 0 Å². The zero-order valence-electron chi connectivity index (χ0n) is 24.8. The molecule has 0 radical (unpaired) electrons. The smallest absolute Gasteiger partial charge is 0.328 e. The molecule has 1 unspecified atom stereocenters. The molecule has 0 saturated carbocycles. The van der Waals surface area contributed by atoms with Crippen LogP contribution in [-0.4, -0.2) is 97.6 Å². The van der Waals surface area contributed by atoms with E-state index in [0.29, 0.717) is 37.8 Å². The molecule has 3 aliphatic heterocycles. The molecule has 222 valence electrons. The van der Waals surface area contributed by atoms with Crippen LogP contribution in [0.15, 0.2) is 30.4 Å². The van der Waals surface area contributed by atoms with Gasteiger partial charge in [0.2, 0.25) is 0 Å². The number of ether oxygens (including phenoxy) is 2. The van der Waals surface area contributed by atoms with Gasteiger partial charge in [0.05, 0.1) is 25.5 Å². The first-order chi connectivity index (χ1) is 19.8. The second-order valence-electron chi connectivity index (χ2n) is 11.7. The molecule has 0 spiro atoms. The van der Waals surface area contributed by atoms with Gasteiger partial charge in [0.15, 0.2) is 0 Å². The van der Waals surface area contributed by atoms with Crippen LogP contribution in [0.1, 0.15) is 35.7 Å². The van der Waals surface area contributed by atoms with Gasteiger partial charge in [-0.1, -0.05) is 18.2 Å². The Bertz CT molecular complexity index is 1250. The van der Waals surface area contributed by atoms with Gasteiger partial charge >= 0.3 is 12.0 Å². The van der Waals surface area contributed by atoms with E-state index in [1.54, 1.807) is 0 Å². The van der Waals surface area contributed by atoms with E-state index >= 15 is 0 Å². The maximum Gasteiger partial charge on any atom is 0.328 e. The predicted molar refractivity (Wildman–Crippen MR) is 160 cm³/mol. The lowest BCUT2D eigenvalue weighted by molar-refractivity contribution is -0.131. The number of fused-ring (bicyclic) bond motifs is 1. The third-order valence-corrected chi connectivity index (χ3v) is 8.62. The molecule has 2 N–H and O–H groups in total. The molecule has 41 heavy (non-hydrogen) atoms. The molecule has 10 nitrogen and oxygen atoms in total. The minimum absolute atomic E-state index is 0.242. The largest absolute Gasteiger partial charge is 0.478 e. The summed E-state index contributed by atoms with van der Waals surface area (Å²) < 4.78 is 12.0. The standard InChI is InChI=1S/C31H44N6O4/c1-21-7-5-8-28(23(21)3)36-12-10-26-27(18-36)33-31(34-30(26)37-13-11-32-22(2)16-37)41-20-25-15-24(17-35(25)4)19-40-14-6-9-29(38)39/h5-9,22,24-25,32H,10-20H2,1-4H3,(H,38,39)/b9-6+/t22-,24?,25-/m0/s1. The first-order valence-corrected chi connectivity index (χ1v) is 14.8. The van der Waals surface area contributed by atoms with Gasteiger partial charge in [0.1, 0.15) is 12.4 Å². The van der Waals surface area contributed by atoms with Gasteiger partial charge in [-0.2, -0.15) is 9.97 Å². The Hall–Kier alpha value is -3.21. The molecule has 2 aromatic rings. The number of aliphatic carboxylic acids is 1. The van der Waals surface area contributed by atoms with E-state index in [2.05, 4.69) is 66.0 Å². The van der Waals surface area contributed by atoms with E-state index in [4.69, 9.17) is 24.5 Å². The summed E-state index contributed by atoms with van der Waals surface area (Å²) in [5.41, 5.74) is 6.20. The van der Waals surface area contributed by atoms with Gasteiger partial charge in [-0.05, 0) is 63.8 Å². The highest BCUT2D eigenvalue weighted by molar-refractivity contribution is 5.79. The second kappa shape index (κ2) is 13.2. The van der Waals surface area contributed by atoms with Crippen molar-refractivity contribution in [2.24, 2.45) is 5.92 Å². The molecule has 0 bridgehead atoms. The summed E-state index contributed by atoms with van der Waals surface area (Å²) in [6, 6.07) is 7.62. The fraction of sp³-hybridized carbons (Fsp3) is 0.581. The molecule has 0 aliphatic carbocycles. The molecule has 3 aliphatic rings. The van der Waals surface area contributed by atoms with E-state index in [9.17, 15) is 4.79 Å². The molecule has 4 heterocycles. The van der Waals surface area contributed by atoms with Gasteiger partial charge in [-0.15, -0.1) is 0 Å². The topological polar surface area (TPSA) is 103 Å². The molecule has 1 aromatic carbocycles. The maximum absolute atomic E-state index is 10.6. The second-order valence-corrected chi connectivity index (χ2v) is 11.7. The highest BCUT2D eigenvalue weighted by Crippen LogP contribution is 2.33. The zero-order valence-corrected chi connectivity index (χ0v) is 24.8. The molecule has 2 fully saturated rings. The molecule has 2 saturated heterocycles. The number of anilines is 2. The lowest BCUT2D eigenvalue weighted by Crippen LogP contribution is -2.50. The number of nitrogens with one attached hydrogen (secondary N) is 1. The maximum atomic E-state index is 10.6. The van der Waals surface area contributed by atoms with Crippen molar-refractivity contribution in [3.05, 3.63) is 52.7 Å².